The fourth-order valence-corrected chi connectivity index (χ4v) is 4.61. The van der Waals surface area contributed by atoms with Gasteiger partial charge in [0, 0.05) is 50.7 Å². The molecule has 32 heavy (non-hydrogen) atoms. The molecule has 2 atom stereocenters. The topological polar surface area (TPSA) is 62.3 Å². The first kappa shape index (κ1) is 22.1. The Bertz CT molecular complexity index is 954. The van der Waals surface area contributed by atoms with E-state index in [-0.39, 0.29) is 23.7 Å². The molecule has 0 bridgehead atoms. The maximum atomic E-state index is 13.6. The molecule has 2 aromatic carbocycles. The van der Waals surface area contributed by atoms with Gasteiger partial charge in [-0.3, -0.25) is 9.59 Å². The normalized spacial score (nSPS) is 21.5. The van der Waals surface area contributed by atoms with Gasteiger partial charge < -0.3 is 24.2 Å². The van der Waals surface area contributed by atoms with Crippen molar-refractivity contribution in [1.82, 2.24) is 14.7 Å². The minimum Gasteiger partial charge on any atom is -0.497 e. The van der Waals surface area contributed by atoms with E-state index in [1.807, 2.05) is 34.1 Å². The van der Waals surface area contributed by atoms with Gasteiger partial charge in [0.2, 0.25) is 5.91 Å². The van der Waals surface area contributed by atoms with Crippen molar-refractivity contribution >= 4 is 11.8 Å². The van der Waals surface area contributed by atoms with E-state index in [1.54, 1.807) is 38.5 Å². The lowest BCUT2D eigenvalue weighted by molar-refractivity contribution is -0.137. The highest BCUT2D eigenvalue weighted by Gasteiger charge is 2.42. The lowest BCUT2D eigenvalue weighted by atomic mass is 9.87. The van der Waals surface area contributed by atoms with Gasteiger partial charge >= 0.3 is 0 Å². The molecule has 170 valence electrons. The van der Waals surface area contributed by atoms with Crippen molar-refractivity contribution in [2.75, 3.05) is 60.5 Å². The molecule has 7 heteroatoms. The predicted molar refractivity (Wildman–Crippen MR) is 122 cm³/mol. The fourth-order valence-electron chi connectivity index (χ4n) is 4.61. The number of carbonyl (C=O) groups is 2. The third-order valence-corrected chi connectivity index (χ3v) is 6.60. The number of hydrogen-bond acceptors (Lipinski definition) is 5. The zero-order valence-electron chi connectivity index (χ0n) is 19.0. The zero-order chi connectivity index (χ0) is 22.7. The van der Waals surface area contributed by atoms with Crippen molar-refractivity contribution in [3.05, 3.63) is 59.7 Å². The number of amides is 2. The van der Waals surface area contributed by atoms with Crippen molar-refractivity contribution in [2.24, 2.45) is 5.92 Å². The molecule has 2 aliphatic heterocycles. The average Bonchev–Trinajstić information content (AvgIpc) is 3.29. The van der Waals surface area contributed by atoms with Crippen LogP contribution in [0.25, 0.3) is 0 Å². The van der Waals surface area contributed by atoms with Gasteiger partial charge in [0.25, 0.3) is 5.91 Å². The molecule has 0 aliphatic carbocycles. The number of nitrogens with zero attached hydrogens (tertiary/aromatic N) is 3. The minimum absolute atomic E-state index is 0.0609. The van der Waals surface area contributed by atoms with Crippen LogP contribution in [-0.2, 0) is 4.79 Å². The van der Waals surface area contributed by atoms with E-state index in [0.29, 0.717) is 24.4 Å². The molecule has 2 amide bonds. The van der Waals surface area contributed by atoms with Gasteiger partial charge in [-0.25, -0.2) is 0 Å². The summed E-state index contributed by atoms with van der Waals surface area (Å²) in [4.78, 5) is 32.8. The summed E-state index contributed by atoms with van der Waals surface area (Å²) in [6, 6.07) is 15.0. The SMILES string of the molecule is COc1ccc(C(=O)N2CC(C(=O)N3CCN(C)CC3)C(c3cccc(OC)c3)C2)cc1. The standard InChI is InChI=1S/C25H31N3O4/c1-26-11-13-27(14-12-26)25(30)23-17-28(24(29)18-7-9-20(31-2)10-8-18)16-22(23)19-5-4-6-21(15-19)32-3/h4-10,15,22-23H,11-14,16-17H2,1-3H3. The van der Waals surface area contributed by atoms with Crippen molar-refractivity contribution in [3.63, 3.8) is 0 Å². The molecule has 2 fully saturated rings. The molecular weight excluding hydrogens is 406 g/mol. The molecule has 2 aliphatic rings. The monoisotopic (exact) mass is 437 g/mol. The third-order valence-electron chi connectivity index (χ3n) is 6.60. The summed E-state index contributed by atoms with van der Waals surface area (Å²) in [6.07, 6.45) is 0. The van der Waals surface area contributed by atoms with Crippen molar-refractivity contribution < 1.29 is 19.1 Å². The van der Waals surface area contributed by atoms with Crippen molar-refractivity contribution in [3.8, 4) is 11.5 Å². The van der Waals surface area contributed by atoms with Crippen LogP contribution in [0.5, 0.6) is 11.5 Å². The maximum absolute atomic E-state index is 13.6. The first-order valence-corrected chi connectivity index (χ1v) is 11.0. The Morgan fingerprint density at radius 1 is 0.844 bits per heavy atom. The number of likely N-dealkylation sites (tertiary alicyclic amines) is 1. The summed E-state index contributed by atoms with van der Waals surface area (Å²) in [5.41, 5.74) is 1.63. The van der Waals surface area contributed by atoms with E-state index in [0.717, 1.165) is 37.5 Å². The summed E-state index contributed by atoms with van der Waals surface area (Å²) in [5.74, 6) is 1.20. The van der Waals surface area contributed by atoms with Crippen LogP contribution in [0, 0.1) is 5.92 Å². The van der Waals surface area contributed by atoms with Crippen LogP contribution in [0.2, 0.25) is 0 Å². The van der Waals surface area contributed by atoms with Crippen molar-refractivity contribution in [2.45, 2.75) is 5.92 Å². The summed E-state index contributed by atoms with van der Waals surface area (Å²) in [6.45, 7) is 4.11. The van der Waals surface area contributed by atoms with E-state index in [4.69, 9.17) is 9.47 Å². The van der Waals surface area contributed by atoms with Gasteiger partial charge in [0.15, 0.2) is 0 Å². The number of rotatable bonds is 5. The minimum atomic E-state index is -0.271. The molecule has 7 nitrogen and oxygen atoms in total. The van der Waals surface area contributed by atoms with Gasteiger partial charge in [-0.2, -0.15) is 0 Å². The number of benzene rings is 2. The number of hydrogen-bond donors (Lipinski definition) is 0. The summed E-state index contributed by atoms with van der Waals surface area (Å²) >= 11 is 0. The van der Waals surface area contributed by atoms with E-state index in [2.05, 4.69) is 11.9 Å². The highest BCUT2D eigenvalue weighted by molar-refractivity contribution is 5.95. The van der Waals surface area contributed by atoms with Crippen LogP contribution in [0.4, 0.5) is 0 Å². The van der Waals surface area contributed by atoms with Crippen LogP contribution in [0.3, 0.4) is 0 Å². The number of carbonyl (C=O) groups excluding carboxylic acids is 2. The molecule has 0 aromatic heterocycles. The smallest absolute Gasteiger partial charge is 0.253 e. The molecule has 0 N–H and O–H groups in total. The molecule has 0 saturated carbocycles. The molecule has 0 spiro atoms. The molecular formula is C25H31N3O4. The molecule has 0 radical (unpaired) electrons. The Labute approximate surface area is 189 Å². The molecule has 4 rings (SSSR count). The number of ether oxygens (including phenoxy) is 2. The van der Waals surface area contributed by atoms with Gasteiger partial charge in [-0.05, 0) is 49.0 Å². The number of piperazine rings is 1. The van der Waals surface area contributed by atoms with Gasteiger partial charge in [-0.1, -0.05) is 12.1 Å². The summed E-state index contributed by atoms with van der Waals surface area (Å²) in [7, 11) is 5.32. The predicted octanol–water partition coefficient (Wildman–Crippen LogP) is 2.33. The van der Waals surface area contributed by atoms with E-state index >= 15 is 0 Å². The quantitative estimate of drug-likeness (QED) is 0.719. The second-order valence-electron chi connectivity index (χ2n) is 8.56. The van der Waals surface area contributed by atoms with E-state index in [9.17, 15) is 9.59 Å². The third kappa shape index (κ3) is 4.58. The number of likely N-dealkylation sites (N-methyl/N-ethyl adjacent to an activating group) is 1. The molecule has 2 heterocycles. The first-order valence-electron chi connectivity index (χ1n) is 11.0. The first-order chi connectivity index (χ1) is 15.5. The van der Waals surface area contributed by atoms with Crippen LogP contribution in [0.1, 0.15) is 21.8 Å². The van der Waals surface area contributed by atoms with Crippen LogP contribution >= 0.6 is 0 Å². The Balaban J connectivity index is 1.59. The number of methoxy groups -OCH3 is 2. The Kier molecular flexibility index (Phi) is 6.65. The largest absolute Gasteiger partial charge is 0.497 e. The lowest BCUT2D eigenvalue weighted by Crippen LogP contribution is -2.50. The lowest BCUT2D eigenvalue weighted by Gasteiger charge is -2.35. The summed E-state index contributed by atoms with van der Waals surface area (Å²) in [5, 5.41) is 0. The molecule has 2 unspecified atom stereocenters. The molecule has 2 aromatic rings. The molecule has 2 saturated heterocycles. The van der Waals surface area contributed by atoms with Crippen LogP contribution in [-0.4, -0.2) is 87.0 Å². The Morgan fingerprint density at radius 3 is 2.19 bits per heavy atom. The Hall–Kier alpha value is -3.06. The highest BCUT2D eigenvalue weighted by atomic mass is 16.5. The van der Waals surface area contributed by atoms with Crippen molar-refractivity contribution in [1.29, 1.82) is 0 Å². The van der Waals surface area contributed by atoms with Crippen LogP contribution in [0.15, 0.2) is 48.5 Å². The Morgan fingerprint density at radius 2 is 1.53 bits per heavy atom. The zero-order valence-corrected chi connectivity index (χ0v) is 19.0. The van der Waals surface area contributed by atoms with Gasteiger partial charge in [0.1, 0.15) is 11.5 Å². The fraction of sp³-hybridized carbons (Fsp3) is 0.440. The maximum Gasteiger partial charge on any atom is 0.253 e. The average molecular weight is 438 g/mol. The van der Waals surface area contributed by atoms with E-state index < -0.39 is 0 Å². The van der Waals surface area contributed by atoms with E-state index in [1.165, 1.54) is 0 Å². The van der Waals surface area contributed by atoms with Gasteiger partial charge in [-0.15, -0.1) is 0 Å². The highest BCUT2D eigenvalue weighted by Crippen LogP contribution is 2.36. The van der Waals surface area contributed by atoms with Gasteiger partial charge in [0.05, 0.1) is 20.1 Å². The second-order valence-corrected chi connectivity index (χ2v) is 8.56. The van der Waals surface area contributed by atoms with Crippen LogP contribution < -0.4 is 9.47 Å². The summed E-state index contributed by atoms with van der Waals surface area (Å²) < 4.78 is 10.6. The second kappa shape index (κ2) is 9.61.